The maximum Gasteiger partial charge on any atom is 0.376 e. The maximum absolute atomic E-state index is 11.5. The molecule has 0 N–H and O–H groups in total. The third-order valence-corrected chi connectivity index (χ3v) is 3.24. The molecule has 1 saturated heterocycles. The van der Waals surface area contributed by atoms with Crippen LogP contribution in [0.5, 0.6) is 0 Å². The van der Waals surface area contributed by atoms with Crippen LogP contribution in [0.15, 0.2) is 0 Å². The molecule has 0 nitrogen and oxygen atoms in total. The van der Waals surface area contributed by atoms with Gasteiger partial charge in [-0.15, -0.1) is 0 Å². The second kappa shape index (κ2) is 1.47. The highest BCUT2D eigenvalue weighted by atomic mass is 33.1. The lowest BCUT2D eigenvalue weighted by Gasteiger charge is -2.32. The molecule has 0 aromatic heterocycles. The van der Waals surface area contributed by atoms with E-state index in [-0.39, 0.29) is 21.6 Å². The van der Waals surface area contributed by atoms with Gasteiger partial charge in [-0.25, -0.2) is 0 Å². The smallest absolute Gasteiger partial charge is 0.185 e. The van der Waals surface area contributed by atoms with Crippen LogP contribution in [0.3, 0.4) is 0 Å². The van der Waals surface area contributed by atoms with Crippen molar-refractivity contribution < 1.29 is 17.6 Å². The Morgan fingerprint density at radius 3 is 1.00 bits per heavy atom. The van der Waals surface area contributed by atoms with Crippen LogP contribution in [0.4, 0.5) is 17.6 Å². The van der Waals surface area contributed by atoms with E-state index in [0.717, 1.165) is 0 Å². The summed E-state index contributed by atoms with van der Waals surface area (Å²) in [6.45, 7) is 0. The average molecular weight is 164 g/mol. The minimum absolute atomic E-state index is 0.0972. The Balaban J connectivity index is 2.63. The molecule has 1 rings (SSSR count). The Bertz CT molecular complexity index is 96.6. The van der Waals surface area contributed by atoms with Crippen LogP contribution in [-0.4, -0.2) is 10.5 Å². The number of halogens is 4. The van der Waals surface area contributed by atoms with Gasteiger partial charge in [0.2, 0.25) is 0 Å². The van der Waals surface area contributed by atoms with Crippen molar-refractivity contribution in [2.45, 2.75) is 10.5 Å². The van der Waals surface area contributed by atoms with Crippen LogP contribution in [0.25, 0.3) is 0 Å². The first-order valence-electron chi connectivity index (χ1n) is 1.58. The molecule has 1 fully saturated rings. The molecule has 0 amide bonds. The van der Waals surface area contributed by atoms with E-state index in [1.165, 1.54) is 0 Å². The minimum Gasteiger partial charge on any atom is -0.185 e. The summed E-state index contributed by atoms with van der Waals surface area (Å²) in [5.74, 6) is 0. The van der Waals surface area contributed by atoms with Crippen LogP contribution >= 0.6 is 21.6 Å². The van der Waals surface area contributed by atoms with Gasteiger partial charge in [-0.05, 0) is 21.6 Å². The molecular weight excluding hydrogens is 164 g/mol. The average Bonchev–Trinajstić information content (AvgIpc) is 1.64. The Hall–Kier alpha value is 0.420. The van der Waals surface area contributed by atoms with E-state index in [0.29, 0.717) is 0 Å². The number of alkyl halides is 4. The second-order valence-electron chi connectivity index (χ2n) is 1.20. The fourth-order valence-corrected chi connectivity index (χ4v) is 1.51. The van der Waals surface area contributed by atoms with Gasteiger partial charge in [0.15, 0.2) is 0 Å². The van der Waals surface area contributed by atoms with E-state index in [9.17, 15) is 17.6 Å². The maximum atomic E-state index is 11.5. The first-order valence-corrected chi connectivity index (χ1v) is 3.73. The molecule has 0 spiro atoms. The fraction of sp³-hybridized carbons (Fsp3) is 1.00. The van der Waals surface area contributed by atoms with E-state index < -0.39 is 10.5 Å². The van der Waals surface area contributed by atoms with Crippen LogP contribution in [-0.2, 0) is 0 Å². The van der Waals surface area contributed by atoms with Crippen LogP contribution in [0.1, 0.15) is 0 Å². The van der Waals surface area contributed by atoms with Gasteiger partial charge in [-0.1, -0.05) is 0 Å². The van der Waals surface area contributed by atoms with E-state index in [1.807, 2.05) is 0 Å². The summed E-state index contributed by atoms with van der Waals surface area (Å²) in [6, 6.07) is 0. The van der Waals surface area contributed by atoms with Crippen molar-refractivity contribution in [3.63, 3.8) is 0 Å². The molecule has 0 saturated carbocycles. The molecule has 0 radical (unpaired) electrons. The number of hydrogen-bond acceptors (Lipinski definition) is 2. The largest absolute Gasteiger partial charge is 0.376 e. The normalized spacial score (nSPS) is 31.5. The molecule has 0 aliphatic carbocycles. The highest BCUT2D eigenvalue weighted by molar-refractivity contribution is 8.80. The first kappa shape index (κ1) is 6.54. The standard InChI is InChI=1S/C2F4S2/c3-1(4)2(5,6)8-7-1. The van der Waals surface area contributed by atoms with Crippen LogP contribution < -0.4 is 0 Å². The van der Waals surface area contributed by atoms with Crippen molar-refractivity contribution >= 4 is 21.6 Å². The van der Waals surface area contributed by atoms with Crippen molar-refractivity contribution in [2.24, 2.45) is 0 Å². The Kier molecular flexibility index (Phi) is 1.20. The molecule has 0 atom stereocenters. The lowest BCUT2D eigenvalue weighted by Crippen LogP contribution is -2.40. The third-order valence-electron chi connectivity index (χ3n) is 0.590. The lowest BCUT2D eigenvalue weighted by atomic mass is 10.7. The topological polar surface area (TPSA) is 0 Å². The summed E-state index contributed by atoms with van der Waals surface area (Å²) < 4.78 is 46.0. The molecule has 6 heteroatoms. The molecule has 1 heterocycles. The Morgan fingerprint density at radius 1 is 0.750 bits per heavy atom. The van der Waals surface area contributed by atoms with Crippen molar-refractivity contribution in [1.82, 2.24) is 0 Å². The SMILES string of the molecule is FC1(F)SSC1(F)F. The quantitative estimate of drug-likeness (QED) is 0.398. The fourth-order valence-electron chi connectivity index (χ4n) is 0.168. The third kappa shape index (κ3) is 0.699. The zero-order valence-electron chi connectivity index (χ0n) is 3.33. The molecule has 0 aromatic carbocycles. The van der Waals surface area contributed by atoms with Crippen LogP contribution in [0, 0.1) is 0 Å². The molecule has 0 unspecified atom stereocenters. The summed E-state index contributed by atoms with van der Waals surface area (Å²) in [5.41, 5.74) is 0. The van der Waals surface area contributed by atoms with E-state index in [4.69, 9.17) is 0 Å². The summed E-state index contributed by atoms with van der Waals surface area (Å²) in [6.07, 6.45) is 0. The van der Waals surface area contributed by atoms with Gasteiger partial charge in [-0.2, -0.15) is 17.6 Å². The monoisotopic (exact) mass is 164 g/mol. The van der Waals surface area contributed by atoms with Gasteiger partial charge in [0.05, 0.1) is 0 Å². The first-order chi connectivity index (χ1) is 3.46. The molecule has 8 heavy (non-hydrogen) atoms. The molecule has 0 bridgehead atoms. The zero-order chi connectivity index (χ0) is 6.41. The van der Waals surface area contributed by atoms with E-state index in [1.54, 1.807) is 0 Å². The van der Waals surface area contributed by atoms with Gasteiger partial charge in [0, 0.05) is 0 Å². The minimum atomic E-state index is -3.84. The van der Waals surface area contributed by atoms with Crippen molar-refractivity contribution in [2.75, 3.05) is 0 Å². The van der Waals surface area contributed by atoms with Gasteiger partial charge in [0.25, 0.3) is 0 Å². The molecule has 48 valence electrons. The van der Waals surface area contributed by atoms with E-state index in [2.05, 4.69) is 0 Å². The highest BCUT2D eigenvalue weighted by Crippen LogP contribution is 2.67. The summed E-state index contributed by atoms with van der Waals surface area (Å²) >= 11 is 0. The van der Waals surface area contributed by atoms with Gasteiger partial charge in [-0.3, -0.25) is 0 Å². The molecule has 0 aromatic rings. The van der Waals surface area contributed by atoms with Gasteiger partial charge in [0.1, 0.15) is 0 Å². The highest BCUT2D eigenvalue weighted by Gasteiger charge is 2.68. The number of rotatable bonds is 0. The van der Waals surface area contributed by atoms with Gasteiger partial charge < -0.3 is 0 Å². The zero-order valence-corrected chi connectivity index (χ0v) is 4.96. The molecule has 1 aliphatic heterocycles. The summed E-state index contributed by atoms with van der Waals surface area (Å²) in [7, 11) is -0.194. The predicted octanol–water partition coefficient (Wildman–Crippen LogP) is 2.57. The van der Waals surface area contributed by atoms with Crippen molar-refractivity contribution in [3.8, 4) is 0 Å². The van der Waals surface area contributed by atoms with Gasteiger partial charge >= 0.3 is 10.5 Å². The summed E-state index contributed by atoms with van der Waals surface area (Å²) in [4.78, 5) is 0. The number of hydrogen-bond donors (Lipinski definition) is 0. The van der Waals surface area contributed by atoms with E-state index >= 15 is 0 Å². The second-order valence-corrected chi connectivity index (χ2v) is 3.56. The van der Waals surface area contributed by atoms with Crippen molar-refractivity contribution in [1.29, 1.82) is 0 Å². The lowest BCUT2D eigenvalue weighted by molar-refractivity contribution is -0.0883. The Labute approximate surface area is 50.4 Å². The molecular formula is C2F4S2. The predicted molar refractivity (Wildman–Crippen MR) is 25.1 cm³/mol. The Morgan fingerprint density at radius 2 is 1.00 bits per heavy atom. The molecule has 1 aliphatic rings. The summed E-state index contributed by atoms with van der Waals surface area (Å²) in [5, 5.41) is -7.67. The van der Waals surface area contributed by atoms with Crippen LogP contribution in [0.2, 0.25) is 0 Å². The van der Waals surface area contributed by atoms with Crippen molar-refractivity contribution in [3.05, 3.63) is 0 Å².